The maximum Gasteiger partial charge on any atom is 0.366 e. The fourth-order valence-corrected chi connectivity index (χ4v) is 2.29. The zero-order chi connectivity index (χ0) is 17.1. The van der Waals surface area contributed by atoms with Crippen LogP contribution in [0.5, 0.6) is 0 Å². The number of aliphatic hydroxyl groups excluding tert-OH is 4. The molecule has 0 aromatic carbocycles. The molecule has 1 aliphatic heterocycles. The third-order valence-electron chi connectivity index (χ3n) is 3.38. The van der Waals surface area contributed by atoms with Gasteiger partial charge in [0.1, 0.15) is 18.3 Å². The summed E-state index contributed by atoms with van der Waals surface area (Å²) in [5.74, 6) is -4.32. The van der Waals surface area contributed by atoms with Crippen LogP contribution < -0.4 is 5.32 Å². The van der Waals surface area contributed by atoms with Crippen LogP contribution in [-0.4, -0.2) is 87.4 Å². The Morgan fingerprint density at radius 3 is 2.50 bits per heavy atom. The van der Waals surface area contributed by atoms with Gasteiger partial charge in [0.2, 0.25) is 5.91 Å². The van der Waals surface area contributed by atoms with Crippen molar-refractivity contribution in [1.82, 2.24) is 5.32 Å². The predicted molar refractivity (Wildman–Crippen MR) is 69.2 cm³/mol. The molecule has 128 valence electrons. The Labute approximate surface area is 126 Å². The first kappa shape index (κ1) is 18.7. The second kappa shape index (κ2) is 7.31. The summed E-state index contributed by atoms with van der Waals surface area (Å²) in [6.45, 7) is 0.320. The molecule has 0 saturated carbocycles. The number of ether oxygens (including phenoxy) is 2. The summed E-state index contributed by atoms with van der Waals surface area (Å²) in [5.41, 5.74) is 0. The van der Waals surface area contributed by atoms with E-state index in [1.54, 1.807) is 0 Å². The normalized spacial score (nSPS) is 34.6. The number of hydrogen-bond donors (Lipinski definition) is 6. The van der Waals surface area contributed by atoms with Gasteiger partial charge in [0.15, 0.2) is 0 Å². The summed E-state index contributed by atoms with van der Waals surface area (Å²) in [5, 5.41) is 50.8. The Morgan fingerprint density at radius 2 is 2.05 bits per heavy atom. The van der Waals surface area contributed by atoms with Gasteiger partial charge in [0.25, 0.3) is 5.79 Å². The van der Waals surface area contributed by atoms with Gasteiger partial charge >= 0.3 is 5.97 Å². The second-order valence-electron chi connectivity index (χ2n) is 5.10. The molecular formula is C12H21NO9. The van der Waals surface area contributed by atoms with Gasteiger partial charge in [-0.15, -0.1) is 0 Å². The number of carbonyl (C=O) groups is 2. The highest BCUT2D eigenvalue weighted by Crippen LogP contribution is 2.31. The van der Waals surface area contributed by atoms with Crippen LogP contribution in [0.4, 0.5) is 0 Å². The molecular weight excluding hydrogens is 302 g/mol. The van der Waals surface area contributed by atoms with Crippen molar-refractivity contribution in [2.45, 2.75) is 49.6 Å². The third-order valence-corrected chi connectivity index (χ3v) is 3.38. The van der Waals surface area contributed by atoms with Crippen LogP contribution in [0.1, 0.15) is 13.3 Å². The maximum absolute atomic E-state index is 11.6. The predicted octanol–water partition coefficient (Wildman–Crippen LogP) is -3.78. The molecule has 1 rings (SSSR count). The molecule has 1 heterocycles. The van der Waals surface area contributed by atoms with Gasteiger partial charge < -0.3 is 40.3 Å². The lowest BCUT2D eigenvalue weighted by Crippen LogP contribution is -2.67. The first-order chi connectivity index (χ1) is 10.2. The summed E-state index contributed by atoms with van der Waals surface area (Å²) in [6.07, 6.45) is -7.09. The van der Waals surface area contributed by atoms with Crippen molar-refractivity contribution in [3.63, 3.8) is 0 Å². The first-order valence-electron chi connectivity index (χ1n) is 6.57. The molecule has 1 unspecified atom stereocenters. The van der Waals surface area contributed by atoms with Crippen molar-refractivity contribution in [3.8, 4) is 0 Å². The summed E-state index contributed by atoms with van der Waals surface area (Å²) in [6, 6.07) is -1.21. The minimum atomic E-state index is -2.55. The van der Waals surface area contributed by atoms with Gasteiger partial charge in [0.05, 0.1) is 25.9 Å². The second-order valence-corrected chi connectivity index (χ2v) is 5.10. The van der Waals surface area contributed by atoms with Crippen molar-refractivity contribution in [3.05, 3.63) is 0 Å². The van der Waals surface area contributed by atoms with E-state index in [0.29, 0.717) is 0 Å². The Kier molecular flexibility index (Phi) is 6.23. The van der Waals surface area contributed by atoms with Gasteiger partial charge in [-0.1, -0.05) is 0 Å². The van der Waals surface area contributed by atoms with E-state index in [9.17, 15) is 30.0 Å². The standard InChI is InChI=1S/C12H21NO9/c1-5(15)13-8-6(16)3-12(20,11(19)21-2)22-10(8)9(18)7(17)4-14/h6-10,14,16-18,20H,3-4H2,1-2H3,(H,13,15)/t6-,7+,8+,9+,10-,12?/m0/s1. The maximum atomic E-state index is 11.6. The zero-order valence-corrected chi connectivity index (χ0v) is 12.2. The van der Waals surface area contributed by atoms with Crippen LogP contribution in [0, 0.1) is 0 Å². The van der Waals surface area contributed by atoms with Gasteiger partial charge in [-0.25, -0.2) is 4.79 Å². The molecule has 1 fully saturated rings. The van der Waals surface area contributed by atoms with Crippen molar-refractivity contribution in [2.75, 3.05) is 13.7 Å². The molecule has 1 amide bonds. The number of carbonyl (C=O) groups excluding carboxylic acids is 2. The first-order valence-corrected chi connectivity index (χ1v) is 6.57. The summed E-state index contributed by atoms with van der Waals surface area (Å²) >= 11 is 0. The summed E-state index contributed by atoms with van der Waals surface area (Å²) in [7, 11) is 0.990. The minimum absolute atomic E-state index is 0.563. The van der Waals surface area contributed by atoms with E-state index in [0.717, 1.165) is 14.0 Å². The monoisotopic (exact) mass is 323 g/mol. The molecule has 0 spiro atoms. The van der Waals surface area contributed by atoms with Crippen LogP contribution >= 0.6 is 0 Å². The van der Waals surface area contributed by atoms with Crippen molar-refractivity contribution in [1.29, 1.82) is 0 Å². The average molecular weight is 323 g/mol. The fraction of sp³-hybridized carbons (Fsp3) is 0.833. The van der Waals surface area contributed by atoms with Crippen LogP contribution in [0.3, 0.4) is 0 Å². The molecule has 0 aromatic heterocycles. The Balaban J connectivity index is 3.09. The third kappa shape index (κ3) is 3.91. The number of rotatable bonds is 5. The van der Waals surface area contributed by atoms with Crippen LogP contribution in [0.2, 0.25) is 0 Å². The fourth-order valence-electron chi connectivity index (χ4n) is 2.29. The Hall–Kier alpha value is -1.30. The largest absolute Gasteiger partial charge is 0.465 e. The number of hydrogen-bond acceptors (Lipinski definition) is 9. The summed E-state index contributed by atoms with van der Waals surface area (Å²) < 4.78 is 9.45. The Morgan fingerprint density at radius 1 is 1.45 bits per heavy atom. The molecule has 10 heteroatoms. The summed E-state index contributed by atoms with van der Waals surface area (Å²) in [4.78, 5) is 22.8. The van der Waals surface area contributed by atoms with Crippen LogP contribution in [0.25, 0.3) is 0 Å². The minimum Gasteiger partial charge on any atom is -0.465 e. The highest BCUT2D eigenvalue weighted by Gasteiger charge is 2.54. The lowest BCUT2D eigenvalue weighted by molar-refractivity contribution is -0.296. The van der Waals surface area contributed by atoms with Crippen molar-refractivity contribution < 1.29 is 44.6 Å². The average Bonchev–Trinajstić information content (AvgIpc) is 2.46. The van der Waals surface area contributed by atoms with E-state index in [1.807, 2.05) is 0 Å². The van der Waals surface area contributed by atoms with E-state index in [-0.39, 0.29) is 0 Å². The molecule has 1 saturated heterocycles. The molecule has 0 aromatic rings. The number of methoxy groups -OCH3 is 1. The number of esters is 1. The molecule has 22 heavy (non-hydrogen) atoms. The molecule has 0 bridgehead atoms. The number of nitrogens with one attached hydrogen (secondary N) is 1. The lowest BCUT2D eigenvalue weighted by Gasteiger charge is -2.45. The van der Waals surface area contributed by atoms with E-state index < -0.39 is 61.1 Å². The molecule has 10 nitrogen and oxygen atoms in total. The molecule has 6 atom stereocenters. The van der Waals surface area contributed by atoms with E-state index >= 15 is 0 Å². The molecule has 6 N–H and O–H groups in total. The van der Waals surface area contributed by atoms with Crippen molar-refractivity contribution >= 4 is 11.9 Å². The SMILES string of the molecule is COC(=O)C1(O)C[C@H](O)[C@@H](NC(C)=O)[C@@H]([C@H](O)[C@H](O)CO)O1. The van der Waals surface area contributed by atoms with Gasteiger partial charge in [-0.05, 0) is 0 Å². The molecule has 1 aliphatic rings. The quantitative estimate of drug-likeness (QED) is 0.278. The highest BCUT2D eigenvalue weighted by atomic mass is 16.7. The van der Waals surface area contributed by atoms with Gasteiger partial charge in [-0.3, -0.25) is 4.79 Å². The Bertz CT molecular complexity index is 417. The number of amides is 1. The molecule has 0 aliphatic carbocycles. The lowest BCUT2D eigenvalue weighted by atomic mass is 9.88. The van der Waals surface area contributed by atoms with E-state index in [4.69, 9.17) is 9.84 Å². The molecule has 0 radical (unpaired) electrons. The van der Waals surface area contributed by atoms with Gasteiger partial charge in [-0.2, -0.15) is 0 Å². The number of aliphatic hydroxyl groups is 5. The van der Waals surface area contributed by atoms with Crippen LogP contribution in [0.15, 0.2) is 0 Å². The smallest absolute Gasteiger partial charge is 0.366 e. The van der Waals surface area contributed by atoms with Crippen molar-refractivity contribution in [2.24, 2.45) is 0 Å². The van der Waals surface area contributed by atoms with Gasteiger partial charge in [0, 0.05) is 13.3 Å². The highest BCUT2D eigenvalue weighted by molar-refractivity contribution is 5.78. The van der Waals surface area contributed by atoms with E-state index in [2.05, 4.69) is 10.1 Å². The van der Waals surface area contributed by atoms with E-state index in [1.165, 1.54) is 0 Å². The van der Waals surface area contributed by atoms with Crippen LogP contribution in [-0.2, 0) is 19.1 Å². The zero-order valence-electron chi connectivity index (χ0n) is 12.2. The topological polar surface area (TPSA) is 166 Å².